The molecular formula is C10H20N2S. The number of rotatable bonds is 8. The molecule has 76 valence electrons. The summed E-state index contributed by atoms with van der Waals surface area (Å²) in [6, 6.07) is 0. The van der Waals surface area contributed by atoms with Gasteiger partial charge in [-0.05, 0) is 51.1 Å². The zero-order chi connectivity index (χ0) is 9.94. The molecule has 2 nitrogen and oxygen atoms in total. The number of hydrogen-bond acceptors (Lipinski definition) is 3. The standard InChI is InChI=1S/C10H20N2S/c1-3-7-12(8-4-2)9-5-6-11-10-13/h3-9H2,1-2H3. The molecular weight excluding hydrogens is 180 g/mol. The van der Waals surface area contributed by atoms with Crippen LogP contribution in [0.25, 0.3) is 0 Å². The molecule has 0 unspecified atom stereocenters. The van der Waals surface area contributed by atoms with Gasteiger partial charge in [0.2, 0.25) is 0 Å². The van der Waals surface area contributed by atoms with E-state index < -0.39 is 0 Å². The topological polar surface area (TPSA) is 15.6 Å². The second-order valence-electron chi connectivity index (χ2n) is 3.17. The molecule has 13 heavy (non-hydrogen) atoms. The summed E-state index contributed by atoms with van der Waals surface area (Å²) >= 11 is 4.50. The number of thiocarbonyl (C=S) groups is 1. The normalized spacial score (nSPS) is 10.1. The molecule has 0 fully saturated rings. The number of nitrogens with zero attached hydrogens (tertiary/aromatic N) is 2. The lowest BCUT2D eigenvalue weighted by Gasteiger charge is -2.19. The van der Waals surface area contributed by atoms with Crippen molar-refractivity contribution >= 4 is 17.4 Å². The van der Waals surface area contributed by atoms with Crippen LogP contribution in [0, 0.1) is 0 Å². The molecule has 0 radical (unpaired) electrons. The smallest absolute Gasteiger partial charge is 0.0584 e. The highest BCUT2D eigenvalue weighted by molar-refractivity contribution is 7.78. The zero-order valence-corrected chi connectivity index (χ0v) is 9.57. The Morgan fingerprint density at radius 2 is 1.77 bits per heavy atom. The predicted octanol–water partition coefficient (Wildman–Crippen LogP) is 2.60. The third kappa shape index (κ3) is 8.10. The first-order valence-electron chi connectivity index (χ1n) is 5.11. The van der Waals surface area contributed by atoms with Crippen LogP contribution in [0.5, 0.6) is 0 Å². The van der Waals surface area contributed by atoms with Gasteiger partial charge in [-0.25, -0.2) is 4.99 Å². The molecule has 0 aliphatic carbocycles. The van der Waals surface area contributed by atoms with Crippen LogP contribution in [0.15, 0.2) is 4.99 Å². The SMILES string of the molecule is CCCN(CCC)CCCN=C=S. The second-order valence-corrected chi connectivity index (χ2v) is 3.35. The fourth-order valence-electron chi connectivity index (χ4n) is 1.39. The Bertz CT molecular complexity index is 147. The monoisotopic (exact) mass is 200 g/mol. The van der Waals surface area contributed by atoms with E-state index in [0.717, 1.165) is 19.5 Å². The van der Waals surface area contributed by atoms with Gasteiger partial charge in [0.15, 0.2) is 0 Å². The van der Waals surface area contributed by atoms with Crippen molar-refractivity contribution in [3.05, 3.63) is 0 Å². The molecule has 3 heteroatoms. The van der Waals surface area contributed by atoms with Crippen molar-refractivity contribution in [2.45, 2.75) is 33.1 Å². The highest BCUT2D eigenvalue weighted by Gasteiger charge is 2.00. The van der Waals surface area contributed by atoms with E-state index in [2.05, 4.69) is 41.1 Å². The van der Waals surface area contributed by atoms with Gasteiger partial charge in [-0.3, -0.25) is 0 Å². The van der Waals surface area contributed by atoms with Crippen LogP contribution in [-0.4, -0.2) is 36.2 Å². The van der Waals surface area contributed by atoms with E-state index in [4.69, 9.17) is 0 Å². The second kappa shape index (κ2) is 9.85. The minimum atomic E-state index is 0.827. The summed E-state index contributed by atoms with van der Waals surface area (Å²) in [6.07, 6.45) is 3.57. The van der Waals surface area contributed by atoms with Gasteiger partial charge < -0.3 is 4.90 Å². The number of hydrogen-bond donors (Lipinski definition) is 0. The van der Waals surface area contributed by atoms with Crippen molar-refractivity contribution in [3.8, 4) is 0 Å². The van der Waals surface area contributed by atoms with Crippen LogP contribution in [0.3, 0.4) is 0 Å². The molecule has 0 amide bonds. The highest BCUT2D eigenvalue weighted by Crippen LogP contribution is 1.96. The van der Waals surface area contributed by atoms with Gasteiger partial charge >= 0.3 is 0 Å². The van der Waals surface area contributed by atoms with Gasteiger partial charge in [0.05, 0.1) is 11.7 Å². The molecule has 0 saturated heterocycles. The lowest BCUT2D eigenvalue weighted by molar-refractivity contribution is 0.273. The van der Waals surface area contributed by atoms with Crippen molar-refractivity contribution in [1.82, 2.24) is 4.90 Å². The first-order chi connectivity index (χ1) is 6.35. The average Bonchev–Trinajstić information content (AvgIpc) is 2.13. The van der Waals surface area contributed by atoms with Crippen LogP contribution in [0.2, 0.25) is 0 Å². The van der Waals surface area contributed by atoms with Gasteiger partial charge in [0, 0.05) is 0 Å². The molecule has 0 aromatic rings. The average molecular weight is 200 g/mol. The van der Waals surface area contributed by atoms with Gasteiger partial charge in [0.1, 0.15) is 0 Å². The fourth-order valence-corrected chi connectivity index (χ4v) is 1.48. The summed E-state index contributed by atoms with van der Waals surface area (Å²) in [4.78, 5) is 6.39. The molecule has 0 aromatic carbocycles. The fraction of sp³-hybridized carbons (Fsp3) is 0.900. The van der Waals surface area contributed by atoms with Crippen LogP contribution >= 0.6 is 12.2 Å². The van der Waals surface area contributed by atoms with Gasteiger partial charge in [0.25, 0.3) is 0 Å². The maximum atomic E-state index is 4.50. The van der Waals surface area contributed by atoms with Crippen LogP contribution in [-0.2, 0) is 0 Å². The van der Waals surface area contributed by atoms with Gasteiger partial charge in [-0.1, -0.05) is 13.8 Å². The maximum absolute atomic E-state index is 4.50. The Morgan fingerprint density at radius 1 is 1.15 bits per heavy atom. The molecule has 0 rings (SSSR count). The summed E-state index contributed by atoms with van der Waals surface area (Å²) in [5.41, 5.74) is 0. The van der Waals surface area contributed by atoms with Gasteiger partial charge in [-0.15, -0.1) is 0 Å². The van der Waals surface area contributed by atoms with Crippen molar-refractivity contribution in [2.75, 3.05) is 26.2 Å². The lowest BCUT2D eigenvalue weighted by Crippen LogP contribution is -2.26. The van der Waals surface area contributed by atoms with Crippen molar-refractivity contribution in [2.24, 2.45) is 4.99 Å². The summed E-state index contributed by atoms with van der Waals surface area (Å²) in [7, 11) is 0. The Balaban J connectivity index is 3.48. The lowest BCUT2D eigenvalue weighted by atomic mass is 10.3. The molecule has 0 aromatic heterocycles. The van der Waals surface area contributed by atoms with E-state index >= 15 is 0 Å². The Hall–Kier alpha value is -0.240. The van der Waals surface area contributed by atoms with Crippen molar-refractivity contribution in [3.63, 3.8) is 0 Å². The molecule has 0 spiro atoms. The number of isothiocyanates is 1. The van der Waals surface area contributed by atoms with E-state index in [1.54, 1.807) is 0 Å². The number of aliphatic imine (C=N–C) groups is 1. The Kier molecular flexibility index (Phi) is 9.66. The maximum Gasteiger partial charge on any atom is 0.0584 e. The minimum Gasteiger partial charge on any atom is -0.303 e. The third-order valence-electron chi connectivity index (χ3n) is 1.89. The van der Waals surface area contributed by atoms with Crippen LogP contribution < -0.4 is 0 Å². The van der Waals surface area contributed by atoms with E-state index in [0.29, 0.717) is 0 Å². The summed E-state index contributed by atoms with van der Waals surface area (Å²) in [5.74, 6) is 0. The zero-order valence-electron chi connectivity index (χ0n) is 8.75. The highest BCUT2D eigenvalue weighted by atomic mass is 32.1. The predicted molar refractivity (Wildman–Crippen MR) is 61.5 cm³/mol. The van der Waals surface area contributed by atoms with Crippen LogP contribution in [0.4, 0.5) is 0 Å². The Labute approximate surface area is 87.0 Å². The van der Waals surface area contributed by atoms with Gasteiger partial charge in [-0.2, -0.15) is 0 Å². The molecule has 0 aliphatic heterocycles. The van der Waals surface area contributed by atoms with Crippen LogP contribution in [0.1, 0.15) is 33.1 Å². The molecule has 0 aliphatic rings. The minimum absolute atomic E-state index is 0.827. The first kappa shape index (κ1) is 12.8. The molecule has 0 N–H and O–H groups in total. The van der Waals surface area contributed by atoms with Crippen molar-refractivity contribution in [1.29, 1.82) is 0 Å². The molecule has 0 atom stereocenters. The largest absolute Gasteiger partial charge is 0.303 e. The summed E-state index contributed by atoms with van der Waals surface area (Å²) < 4.78 is 0. The van der Waals surface area contributed by atoms with E-state index in [-0.39, 0.29) is 0 Å². The molecule has 0 saturated carbocycles. The van der Waals surface area contributed by atoms with E-state index in [1.807, 2.05) is 0 Å². The quantitative estimate of drug-likeness (QED) is 0.340. The third-order valence-corrected chi connectivity index (χ3v) is 2.02. The summed E-state index contributed by atoms with van der Waals surface area (Å²) in [6.45, 7) is 8.82. The van der Waals surface area contributed by atoms with Crippen molar-refractivity contribution < 1.29 is 0 Å². The van der Waals surface area contributed by atoms with E-state index in [9.17, 15) is 0 Å². The molecule has 0 heterocycles. The van der Waals surface area contributed by atoms with E-state index in [1.165, 1.54) is 25.9 Å². The Morgan fingerprint density at radius 3 is 2.23 bits per heavy atom. The first-order valence-corrected chi connectivity index (χ1v) is 5.52. The molecule has 0 bridgehead atoms. The summed E-state index contributed by atoms with van der Waals surface area (Å²) in [5, 5.41) is 2.40.